The SMILES string of the molecule is CC(C)OC(=O)CC[C@H](C)NC(=O)N1CC(=O)N(C)[C@H](C)C1. The zero-order valence-corrected chi connectivity index (χ0v) is 14.1. The van der Waals surface area contributed by atoms with Crippen LogP contribution in [-0.4, -0.2) is 66.0 Å². The molecule has 1 heterocycles. The Labute approximate surface area is 132 Å². The molecule has 0 spiro atoms. The van der Waals surface area contributed by atoms with E-state index in [-0.39, 0.29) is 49.1 Å². The van der Waals surface area contributed by atoms with Gasteiger partial charge >= 0.3 is 12.0 Å². The molecule has 0 aliphatic carbocycles. The molecule has 3 amide bonds. The van der Waals surface area contributed by atoms with Crippen LogP contribution in [0.3, 0.4) is 0 Å². The first kappa shape index (κ1) is 18.3. The molecule has 2 atom stereocenters. The molecule has 1 aliphatic heterocycles. The van der Waals surface area contributed by atoms with Crippen molar-refractivity contribution in [3.05, 3.63) is 0 Å². The van der Waals surface area contributed by atoms with Gasteiger partial charge in [-0.1, -0.05) is 0 Å². The summed E-state index contributed by atoms with van der Waals surface area (Å²) in [7, 11) is 1.74. The summed E-state index contributed by atoms with van der Waals surface area (Å²) >= 11 is 0. The Hall–Kier alpha value is -1.79. The Bertz CT molecular complexity index is 425. The van der Waals surface area contributed by atoms with Crippen LogP contribution in [0.5, 0.6) is 0 Å². The molecule has 1 fully saturated rings. The molecule has 0 bridgehead atoms. The maximum absolute atomic E-state index is 12.2. The third-order valence-corrected chi connectivity index (χ3v) is 3.67. The number of nitrogens with zero attached hydrogens (tertiary/aromatic N) is 2. The summed E-state index contributed by atoms with van der Waals surface area (Å²) in [5.41, 5.74) is 0. The molecule has 0 saturated carbocycles. The molecular formula is C15H27N3O4. The van der Waals surface area contributed by atoms with Crippen molar-refractivity contribution < 1.29 is 19.1 Å². The van der Waals surface area contributed by atoms with E-state index >= 15 is 0 Å². The summed E-state index contributed by atoms with van der Waals surface area (Å²) in [6, 6.07) is -0.418. The van der Waals surface area contributed by atoms with Gasteiger partial charge in [0.1, 0.15) is 6.54 Å². The van der Waals surface area contributed by atoms with Gasteiger partial charge in [-0.2, -0.15) is 0 Å². The van der Waals surface area contributed by atoms with Gasteiger partial charge in [0.2, 0.25) is 5.91 Å². The van der Waals surface area contributed by atoms with Gasteiger partial charge in [0.05, 0.1) is 6.10 Å². The van der Waals surface area contributed by atoms with Crippen molar-refractivity contribution in [2.75, 3.05) is 20.1 Å². The largest absolute Gasteiger partial charge is 0.463 e. The highest BCUT2D eigenvalue weighted by molar-refractivity contribution is 5.85. The average molecular weight is 313 g/mol. The normalized spacial score (nSPS) is 20.1. The van der Waals surface area contributed by atoms with Crippen LogP contribution >= 0.6 is 0 Å². The lowest BCUT2D eigenvalue weighted by Gasteiger charge is -2.37. The van der Waals surface area contributed by atoms with Crippen LogP contribution in [0.1, 0.15) is 40.5 Å². The van der Waals surface area contributed by atoms with Gasteiger partial charge in [0.15, 0.2) is 0 Å². The van der Waals surface area contributed by atoms with Crippen LogP contribution in [0.15, 0.2) is 0 Å². The number of urea groups is 1. The first-order valence-corrected chi connectivity index (χ1v) is 7.71. The minimum absolute atomic E-state index is 0.00308. The minimum Gasteiger partial charge on any atom is -0.463 e. The molecule has 1 saturated heterocycles. The Morgan fingerprint density at radius 3 is 2.55 bits per heavy atom. The highest BCUT2D eigenvalue weighted by Gasteiger charge is 2.30. The standard InChI is InChI=1S/C15H27N3O4/c1-10(2)22-14(20)7-6-11(3)16-15(21)18-8-12(4)17(5)13(19)9-18/h10-12H,6-9H2,1-5H3,(H,16,21)/t11-,12+/m0/s1. The van der Waals surface area contributed by atoms with Crippen molar-refractivity contribution in [2.45, 2.75) is 58.7 Å². The quantitative estimate of drug-likeness (QED) is 0.767. The number of carbonyl (C=O) groups excluding carboxylic acids is 3. The number of piperazine rings is 1. The van der Waals surface area contributed by atoms with Gasteiger partial charge in [-0.05, 0) is 34.1 Å². The molecule has 0 unspecified atom stereocenters. The predicted octanol–water partition coefficient (Wildman–Crippen LogP) is 0.979. The molecule has 7 heteroatoms. The van der Waals surface area contributed by atoms with Crippen molar-refractivity contribution >= 4 is 17.9 Å². The molecule has 0 aromatic carbocycles. The lowest BCUT2D eigenvalue weighted by atomic mass is 10.2. The summed E-state index contributed by atoms with van der Waals surface area (Å²) in [5, 5.41) is 2.82. The number of hydrogen-bond donors (Lipinski definition) is 1. The van der Waals surface area contributed by atoms with E-state index in [1.165, 1.54) is 4.90 Å². The highest BCUT2D eigenvalue weighted by atomic mass is 16.5. The predicted molar refractivity (Wildman–Crippen MR) is 82.3 cm³/mol. The first-order valence-electron chi connectivity index (χ1n) is 7.71. The fourth-order valence-electron chi connectivity index (χ4n) is 2.21. The van der Waals surface area contributed by atoms with Crippen molar-refractivity contribution in [3.8, 4) is 0 Å². The van der Waals surface area contributed by atoms with Crippen molar-refractivity contribution in [1.29, 1.82) is 0 Å². The van der Waals surface area contributed by atoms with E-state index in [0.717, 1.165) is 0 Å². The summed E-state index contributed by atoms with van der Waals surface area (Å²) in [6.07, 6.45) is 0.641. The second-order valence-corrected chi connectivity index (χ2v) is 6.16. The number of amides is 3. The van der Waals surface area contributed by atoms with E-state index in [9.17, 15) is 14.4 Å². The monoisotopic (exact) mass is 313 g/mol. The van der Waals surface area contributed by atoms with E-state index in [1.54, 1.807) is 25.8 Å². The maximum Gasteiger partial charge on any atom is 0.318 e. The Morgan fingerprint density at radius 2 is 2.00 bits per heavy atom. The summed E-state index contributed by atoms with van der Waals surface area (Å²) in [6.45, 7) is 7.94. The third-order valence-electron chi connectivity index (χ3n) is 3.67. The summed E-state index contributed by atoms with van der Waals surface area (Å²) in [4.78, 5) is 38.6. The number of ether oxygens (including phenoxy) is 1. The molecular weight excluding hydrogens is 286 g/mol. The van der Waals surface area contributed by atoms with Gasteiger partial charge in [0, 0.05) is 32.1 Å². The number of carbonyl (C=O) groups is 3. The Kier molecular flexibility index (Phi) is 6.64. The molecule has 22 heavy (non-hydrogen) atoms. The van der Waals surface area contributed by atoms with Gasteiger partial charge in [-0.25, -0.2) is 4.79 Å². The third kappa shape index (κ3) is 5.54. The molecule has 1 aliphatic rings. The van der Waals surface area contributed by atoms with Gasteiger partial charge in [0.25, 0.3) is 0 Å². The lowest BCUT2D eigenvalue weighted by Crippen LogP contribution is -2.58. The van der Waals surface area contributed by atoms with Gasteiger partial charge in [-0.15, -0.1) is 0 Å². The fourth-order valence-corrected chi connectivity index (χ4v) is 2.21. The molecule has 1 N–H and O–H groups in total. The van der Waals surface area contributed by atoms with E-state index < -0.39 is 0 Å². The van der Waals surface area contributed by atoms with Crippen molar-refractivity contribution in [3.63, 3.8) is 0 Å². The van der Waals surface area contributed by atoms with Crippen LogP contribution in [0.2, 0.25) is 0 Å². The first-order chi connectivity index (χ1) is 10.2. The van der Waals surface area contributed by atoms with E-state index in [1.807, 2.05) is 13.8 Å². The minimum atomic E-state index is -0.266. The topological polar surface area (TPSA) is 79.0 Å². The smallest absolute Gasteiger partial charge is 0.318 e. The van der Waals surface area contributed by atoms with E-state index in [0.29, 0.717) is 13.0 Å². The zero-order chi connectivity index (χ0) is 16.9. The number of likely N-dealkylation sites (N-methyl/N-ethyl adjacent to an activating group) is 1. The second kappa shape index (κ2) is 8.00. The summed E-state index contributed by atoms with van der Waals surface area (Å²) < 4.78 is 5.05. The number of hydrogen-bond acceptors (Lipinski definition) is 4. The lowest BCUT2D eigenvalue weighted by molar-refractivity contribution is -0.147. The number of esters is 1. The van der Waals surface area contributed by atoms with Crippen LogP contribution in [0, 0.1) is 0 Å². The molecule has 1 rings (SSSR count). The second-order valence-electron chi connectivity index (χ2n) is 6.16. The van der Waals surface area contributed by atoms with Crippen LogP contribution in [-0.2, 0) is 14.3 Å². The molecule has 0 aromatic rings. The molecule has 0 radical (unpaired) electrons. The van der Waals surface area contributed by atoms with Gasteiger partial charge in [-0.3, -0.25) is 9.59 Å². The maximum atomic E-state index is 12.2. The number of rotatable bonds is 5. The van der Waals surface area contributed by atoms with Crippen molar-refractivity contribution in [2.24, 2.45) is 0 Å². The van der Waals surface area contributed by atoms with Gasteiger partial charge < -0.3 is 19.9 Å². The molecule has 7 nitrogen and oxygen atoms in total. The molecule has 0 aromatic heterocycles. The average Bonchev–Trinajstić information content (AvgIpc) is 2.41. The van der Waals surface area contributed by atoms with E-state index in [4.69, 9.17) is 4.74 Å². The Morgan fingerprint density at radius 1 is 1.36 bits per heavy atom. The van der Waals surface area contributed by atoms with Crippen LogP contribution in [0.25, 0.3) is 0 Å². The van der Waals surface area contributed by atoms with Crippen LogP contribution < -0.4 is 5.32 Å². The fraction of sp³-hybridized carbons (Fsp3) is 0.800. The highest BCUT2D eigenvalue weighted by Crippen LogP contribution is 2.09. The summed E-state index contributed by atoms with van der Waals surface area (Å²) in [5.74, 6) is -0.332. The van der Waals surface area contributed by atoms with Crippen LogP contribution in [0.4, 0.5) is 4.79 Å². The van der Waals surface area contributed by atoms with E-state index in [2.05, 4.69) is 5.32 Å². The molecule has 126 valence electrons. The number of nitrogens with one attached hydrogen (secondary N) is 1. The Balaban J connectivity index is 2.38. The zero-order valence-electron chi connectivity index (χ0n) is 14.1. The van der Waals surface area contributed by atoms with Crippen molar-refractivity contribution in [1.82, 2.24) is 15.1 Å².